The van der Waals surface area contributed by atoms with Crippen LogP contribution in [0.15, 0.2) is 18.3 Å². The zero-order valence-electron chi connectivity index (χ0n) is 7.35. The Morgan fingerprint density at radius 3 is 3.08 bits per heavy atom. The van der Waals surface area contributed by atoms with Crippen molar-refractivity contribution in [2.45, 2.75) is 25.1 Å². The van der Waals surface area contributed by atoms with E-state index in [2.05, 4.69) is 4.98 Å². The van der Waals surface area contributed by atoms with Crippen LogP contribution < -0.4 is 0 Å². The van der Waals surface area contributed by atoms with E-state index in [0.29, 0.717) is 0 Å². The summed E-state index contributed by atoms with van der Waals surface area (Å²) in [5, 5.41) is 18.3. The molecule has 0 spiro atoms. The van der Waals surface area contributed by atoms with E-state index in [9.17, 15) is 0 Å². The minimum absolute atomic E-state index is 0.190. The average Bonchev–Trinajstić information content (AvgIpc) is 2.17. The van der Waals surface area contributed by atoms with Gasteiger partial charge in [-0.15, -0.1) is 0 Å². The van der Waals surface area contributed by atoms with Gasteiger partial charge in [0, 0.05) is 17.7 Å². The maximum atomic E-state index is 9.14. The predicted octanol–water partition coefficient (Wildman–Crippen LogP) is 0.513. The summed E-state index contributed by atoms with van der Waals surface area (Å²) in [4.78, 5) is 4.20. The Balaban J connectivity index is 2.37. The van der Waals surface area contributed by atoms with Gasteiger partial charge in [-0.1, -0.05) is 6.07 Å². The molecule has 1 atom stereocenters. The highest BCUT2D eigenvalue weighted by Gasteiger charge is 2.30. The summed E-state index contributed by atoms with van der Waals surface area (Å²) in [6.45, 7) is 0. The van der Waals surface area contributed by atoms with Crippen molar-refractivity contribution >= 4 is 7.12 Å². The quantitative estimate of drug-likeness (QED) is 0.614. The van der Waals surface area contributed by atoms with Crippen molar-refractivity contribution in [1.82, 2.24) is 4.98 Å². The molecule has 1 aliphatic rings. The third-order valence-corrected chi connectivity index (χ3v) is 2.60. The first-order valence-corrected chi connectivity index (χ1v) is 4.59. The summed E-state index contributed by atoms with van der Waals surface area (Å²) >= 11 is 0. The molecule has 4 heteroatoms. The molecular formula is C9H12BNO2. The minimum Gasteiger partial charge on any atom is -0.427 e. The summed E-state index contributed by atoms with van der Waals surface area (Å²) in [5.74, 6) is -0.190. The van der Waals surface area contributed by atoms with E-state index in [0.717, 1.165) is 30.5 Å². The van der Waals surface area contributed by atoms with Crippen LogP contribution in [0.25, 0.3) is 0 Å². The molecule has 0 saturated carbocycles. The Morgan fingerprint density at radius 1 is 1.46 bits per heavy atom. The van der Waals surface area contributed by atoms with Crippen LogP contribution in [-0.2, 0) is 6.42 Å². The van der Waals surface area contributed by atoms with Crippen LogP contribution in [0.2, 0.25) is 0 Å². The molecule has 0 saturated heterocycles. The maximum absolute atomic E-state index is 9.14. The van der Waals surface area contributed by atoms with Crippen LogP contribution in [0.3, 0.4) is 0 Å². The molecule has 3 nitrogen and oxygen atoms in total. The van der Waals surface area contributed by atoms with Gasteiger partial charge >= 0.3 is 7.12 Å². The second-order valence-electron chi connectivity index (χ2n) is 3.46. The first-order chi connectivity index (χ1) is 6.29. The summed E-state index contributed by atoms with van der Waals surface area (Å²) in [6.07, 6.45) is 4.55. The molecule has 0 fully saturated rings. The fourth-order valence-electron chi connectivity index (χ4n) is 1.94. The maximum Gasteiger partial charge on any atom is 0.461 e. The minimum atomic E-state index is -1.27. The van der Waals surface area contributed by atoms with Gasteiger partial charge in [-0.25, -0.2) is 0 Å². The van der Waals surface area contributed by atoms with Gasteiger partial charge in [0.1, 0.15) is 0 Å². The molecule has 0 amide bonds. The van der Waals surface area contributed by atoms with Crippen molar-refractivity contribution in [3.8, 4) is 0 Å². The first-order valence-electron chi connectivity index (χ1n) is 4.59. The molecule has 0 aromatic carbocycles. The molecule has 2 N–H and O–H groups in total. The topological polar surface area (TPSA) is 53.4 Å². The molecule has 1 heterocycles. The molecular weight excluding hydrogens is 165 g/mol. The SMILES string of the molecule is OB(O)C1CCCc2cccnc21. The van der Waals surface area contributed by atoms with Crippen molar-refractivity contribution in [3.05, 3.63) is 29.6 Å². The van der Waals surface area contributed by atoms with E-state index < -0.39 is 7.12 Å². The normalized spacial score (nSPS) is 20.9. The number of aromatic nitrogens is 1. The molecule has 1 aromatic rings. The lowest BCUT2D eigenvalue weighted by molar-refractivity contribution is 0.375. The van der Waals surface area contributed by atoms with E-state index >= 15 is 0 Å². The number of fused-ring (bicyclic) bond motifs is 1. The number of hydrogen-bond acceptors (Lipinski definition) is 3. The van der Waals surface area contributed by atoms with Gasteiger partial charge in [0.15, 0.2) is 0 Å². The Hall–Kier alpha value is -0.865. The highest BCUT2D eigenvalue weighted by atomic mass is 16.4. The van der Waals surface area contributed by atoms with Gasteiger partial charge in [-0.3, -0.25) is 4.98 Å². The lowest BCUT2D eigenvalue weighted by Crippen LogP contribution is -2.27. The fraction of sp³-hybridized carbons (Fsp3) is 0.444. The van der Waals surface area contributed by atoms with Gasteiger partial charge < -0.3 is 10.0 Å². The van der Waals surface area contributed by atoms with Crippen molar-refractivity contribution in [1.29, 1.82) is 0 Å². The van der Waals surface area contributed by atoms with Crippen LogP contribution in [-0.4, -0.2) is 22.2 Å². The molecule has 0 aliphatic heterocycles. The molecule has 2 rings (SSSR count). The van der Waals surface area contributed by atoms with E-state index in [-0.39, 0.29) is 5.82 Å². The molecule has 13 heavy (non-hydrogen) atoms. The standard InChI is InChI=1S/C9H12BNO2/c12-10(13)8-5-1-3-7-4-2-6-11-9(7)8/h2,4,6,8,12-13H,1,3,5H2. The Labute approximate surface area is 77.6 Å². The highest BCUT2D eigenvalue weighted by molar-refractivity contribution is 6.43. The molecule has 1 unspecified atom stereocenters. The van der Waals surface area contributed by atoms with Gasteiger partial charge in [-0.2, -0.15) is 0 Å². The monoisotopic (exact) mass is 177 g/mol. The van der Waals surface area contributed by atoms with Gasteiger partial charge in [0.2, 0.25) is 0 Å². The molecule has 68 valence electrons. The van der Waals surface area contributed by atoms with Crippen LogP contribution in [0.5, 0.6) is 0 Å². The number of aryl methyl sites for hydroxylation is 1. The van der Waals surface area contributed by atoms with E-state index in [1.807, 2.05) is 12.1 Å². The average molecular weight is 177 g/mol. The first kappa shape index (κ1) is 8.72. The van der Waals surface area contributed by atoms with E-state index in [1.165, 1.54) is 0 Å². The Kier molecular flexibility index (Phi) is 2.33. The molecule has 0 radical (unpaired) electrons. The van der Waals surface area contributed by atoms with Crippen LogP contribution in [0.4, 0.5) is 0 Å². The summed E-state index contributed by atoms with van der Waals surface area (Å²) in [6, 6.07) is 3.90. The van der Waals surface area contributed by atoms with Crippen LogP contribution in [0, 0.1) is 0 Å². The van der Waals surface area contributed by atoms with Crippen LogP contribution in [0.1, 0.15) is 29.9 Å². The highest BCUT2D eigenvalue weighted by Crippen LogP contribution is 2.29. The summed E-state index contributed by atoms with van der Waals surface area (Å²) in [7, 11) is -1.27. The second-order valence-corrected chi connectivity index (χ2v) is 3.46. The smallest absolute Gasteiger partial charge is 0.427 e. The Morgan fingerprint density at radius 2 is 2.31 bits per heavy atom. The van der Waals surface area contributed by atoms with E-state index in [1.54, 1.807) is 6.20 Å². The lowest BCUT2D eigenvalue weighted by atomic mass is 9.64. The molecule has 1 aromatic heterocycles. The largest absolute Gasteiger partial charge is 0.461 e. The van der Waals surface area contributed by atoms with E-state index in [4.69, 9.17) is 10.0 Å². The van der Waals surface area contributed by atoms with Crippen molar-refractivity contribution in [2.24, 2.45) is 0 Å². The number of rotatable bonds is 1. The number of hydrogen-bond donors (Lipinski definition) is 2. The van der Waals surface area contributed by atoms with Crippen molar-refractivity contribution in [3.63, 3.8) is 0 Å². The summed E-state index contributed by atoms with van der Waals surface area (Å²) < 4.78 is 0. The molecule has 0 bridgehead atoms. The zero-order valence-corrected chi connectivity index (χ0v) is 7.35. The number of nitrogens with zero attached hydrogens (tertiary/aromatic N) is 1. The Bertz CT molecular complexity index is 303. The summed E-state index contributed by atoms with van der Waals surface area (Å²) in [5.41, 5.74) is 2.02. The third-order valence-electron chi connectivity index (χ3n) is 2.60. The van der Waals surface area contributed by atoms with Gasteiger partial charge in [0.05, 0.1) is 0 Å². The third kappa shape index (κ3) is 1.60. The fourth-order valence-corrected chi connectivity index (χ4v) is 1.94. The zero-order chi connectivity index (χ0) is 9.26. The second kappa shape index (κ2) is 3.48. The van der Waals surface area contributed by atoms with Gasteiger partial charge in [-0.05, 0) is 30.9 Å². The predicted molar refractivity (Wildman–Crippen MR) is 50.1 cm³/mol. The van der Waals surface area contributed by atoms with Crippen LogP contribution >= 0.6 is 0 Å². The van der Waals surface area contributed by atoms with Crippen molar-refractivity contribution < 1.29 is 10.0 Å². The van der Waals surface area contributed by atoms with Gasteiger partial charge in [0.25, 0.3) is 0 Å². The van der Waals surface area contributed by atoms with Crippen molar-refractivity contribution in [2.75, 3.05) is 0 Å². The number of pyridine rings is 1. The molecule has 1 aliphatic carbocycles. The lowest BCUT2D eigenvalue weighted by Gasteiger charge is -2.22.